The van der Waals surface area contributed by atoms with Crippen molar-refractivity contribution < 1.29 is 24.2 Å². The van der Waals surface area contributed by atoms with E-state index in [2.05, 4.69) is 5.32 Å². The van der Waals surface area contributed by atoms with E-state index in [4.69, 9.17) is 9.47 Å². The molecule has 0 radical (unpaired) electrons. The molecular formula is C23H26N2O5. The Kier molecular flexibility index (Phi) is 6.95. The fraction of sp³-hybridized carbons (Fsp3) is 0.304. The second kappa shape index (κ2) is 9.82. The van der Waals surface area contributed by atoms with Crippen molar-refractivity contribution in [3.63, 3.8) is 0 Å². The molecule has 158 valence electrons. The van der Waals surface area contributed by atoms with Crippen molar-refractivity contribution >= 4 is 23.8 Å². The first-order valence-electron chi connectivity index (χ1n) is 9.88. The average molecular weight is 410 g/mol. The molecule has 0 aliphatic heterocycles. The summed E-state index contributed by atoms with van der Waals surface area (Å²) in [7, 11) is 1.50. The van der Waals surface area contributed by atoms with Gasteiger partial charge in [-0.3, -0.25) is 0 Å². The molecule has 0 bridgehead atoms. The van der Waals surface area contributed by atoms with E-state index >= 15 is 0 Å². The zero-order valence-electron chi connectivity index (χ0n) is 17.1. The van der Waals surface area contributed by atoms with Gasteiger partial charge in [-0.25, -0.2) is 9.59 Å². The largest absolute Gasteiger partial charge is 0.504 e. The van der Waals surface area contributed by atoms with E-state index in [-0.39, 0.29) is 23.8 Å². The molecule has 1 aliphatic carbocycles. The summed E-state index contributed by atoms with van der Waals surface area (Å²) in [5.41, 5.74) is 2.38. The van der Waals surface area contributed by atoms with Gasteiger partial charge in [-0.05, 0) is 61.2 Å². The van der Waals surface area contributed by atoms with Crippen LogP contribution >= 0.6 is 0 Å². The van der Waals surface area contributed by atoms with Gasteiger partial charge < -0.3 is 24.8 Å². The average Bonchev–Trinajstić information content (AvgIpc) is 3.58. The van der Waals surface area contributed by atoms with Crippen LogP contribution in [0.3, 0.4) is 0 Å². The number of carbonyl (C=O) groups excluding carboxylic acids is 2. The van der Waals surface area contributed by atoms with Crippen molar-refractivity contribution in [1.82, 2.24) is 4.90 Å². The first-order valence-corrected chi connectivity index (χ1v) is 9.88. The van der Waals surface area contributed by atoms with E-state index in [1.807, 2.05) is 12.1 Å². The Morgan fingerprint density at radius 2 is 1.93 bits per heavy atom. The van der Waals surface area contributed by atoms with Crippen molar-refractivity contribution in [3.05, 3.63) is 59.7 Å². The van der Waals surface area contributed by atoms with Crippen LogP contribution in [0.4, 0.5) is 10.5 Å². The number of benzene rings is 2. The Labute approximate surface area is 175 Å². The van der Waals surface area contributed by atoms with Crippen molar-refractivity contribution in [2.24, 2.45) is 0 Å². The van der Waals surface area contributed by atoms with E-state index in [1.165, 1.54) is 13.2 Å². The van der Waals surface area contributed by atoms with Gasteiger partial charge in [-0.1, -0.05) is 18.2 Å². The lowest BCUT2D eigenvalue weighted by Crippen LogP contribution is -2.36. The first-order chi connectivity index (χ1) is 14.5. The number of urea groups is 1. The summed E-state index contributed by atoms with van der Waals surface area (Å²) in [5.74, 6) is 0.0664. The van der Waals surface area contributed by atoms with Crippen LogP contribution in [0.1, 0.15) is 30.9 Å². The molecule has 1 fully saturated rings. The Morgan fingerprint density at radius 3 is 2.57 bits per heavy atom. The molecule has 0 atom stereocenters. The number of aromatic hydroxyl groups is 1. The lowest BCUT2D eigenvalue weighted by Gasteiger charge is -2.23. The monoisotopic (exact) mass is 410 g/mol. The summed E-state index contributed by atoms with van der Waals surface area (Å²) in [5, 5.41) is 12.7. The summed E-state index contributed by atoms with van der Waals surface area (Å²) in [6.45, 7) is 2.52. The highest BCUT2D eigenvalue weighted by atomic mass is 16.5. The third kappa shape index (κ3) is 5.76. The van der Waals surface area contributed by atoms with Crippen molar-refractivity contribution in [2.45, 2.75) is 32.4 Å². The summed E-state index contributed by atoms with van der Waals surface area (Å²) >= 11 is 0. The third-order valence-electron chi connectivity index (χ3n) is 4.71. The van der Waals surface area contributed by atoms with Gasteiger partial charge in [-0.2, -0.15) is 0 Å². The molecule has 0 unspecified atom stereocenters. The second-order valence-electron chi connectivity index (χ2n) is 7.00. The summed E-state index contributed by atoms with van der Waals surface area (Å²) < 4.78 is 10.0. The Bertz CT molecular complexity index is 920. The van der Waals surface area contributed by atoms with Crippen LogP contribution in [0.25, 0.3) is 6.08 Å². The fourth-order valence-corrected chi connectivity index (χ4v) is 3.00. The third-order valence-corrected chi connectivity index (χ3v) is 4.71. The predicted octanol–water partition coefficient (Wildman–Crippen LogP) is 4.17. The molecule has 0 spiro atoms. The SMILES string of the molecule is CCOC(=O)/C=C/c1ccc(NC(=O)N(Cc2ccc(O)c(OC)c2)C2CC2)cc1. The summed E-state index contributed by atoms with van der Waals surface area (Å²) in [4.78, 5) is 26.0. The molecule has 30 heavy (non-hydrogen) atoms. The molecular weight excluding hydrogens is 384 g/mol. The number of anilines is 1. The Hall–Kier alpha value is -3.48. The molecule has 1 aliphatic rings. The van der Waals surface area contributed by atoms with Gasteiger partial charge >= 0.3 is 12.0 Å². The van der Waals surface area contributed by atoms with Gasteiger partial charge in [0, 0.05) is 24.4 Å². The minimum absolute atomic E-state index is 0.0702. The van der Waals surface area contributed by atoms with Crippen LogP contribution in [-0.2, 0) is 16.1 Å². The molecule has 1 saturated carbocycles. The number of rotatable bonds is 8. The summed E-state index contributed by atoms with van der Waals surface area (Å²) in [6, 6.07) is 12.3. The van der Waals surface area contributed by atoms with Crippen molar-refractivity contribution in [2.75, 3.05) is 19.0 Å². The fourth-order valence-electron chi connectivity index (χ4n) is 3.00. The number of hydrogen-bond acceptors (Lipinski definition) is 5. The highest BCUT2D eigenvalue weighted by Gasteiger charge is 2.32. The number of nitrogens with one attached hydrogen (secondary N) is 1. The van der Waals surface area contributed by atoms with Gasteiger partial charge in [0.1, 0.15) is 0 Å². The minimum Gasteiger partial charge on any atom is -0.504 e. The van der Waals surface area contributed by atoms with Gasteiger partial charge in [0.05, 0.1) is 13.7 Å². The topological polar surface area (TPSA) is 88.1 Å². The minimum atomic E-state index is -0.388. The van der Waals surface area contributed by atoms with Gasteiger partial charge in [0.25, 0.3) is 0 Å². The number of esters is 1. The standard InChI is InChI=1S/C23H26N2O5/c1-3-30-22(27)13-7-16-4-8-18(9-5-16)24-23(28)25(19-10-11-19)15-17-6-12-20(26)21(14-17)29-2/h4-9,12-14,19,26H,3,10-11,15H2,1-2H3,(H,24,28)/b13-7+. The maximum absolute atomic E-state index is 12.9. The Balaban J connectivity index is 1.63. The molecule has 0 heterocycles. The molecule has 2 aromatic carbocycles. The molecule has 7 nitrogen and oxygen atoms in total. The lowest BCUT2D eigenvalue weighted by molar-refractivity contribution is -0.137. The maximum Gasteiger partial charge on any atom is 0.330 e. The number of ether oxygens (including phenoxy) is 2. The number of phenolic OH excluding ortho intramolecular Hbond substituents is 1. The van der Waals surface area contributed by atoms with Crippen LogP contribution in [0.15, 0.2) is 48.5 Å². The predicted molar refractivity (Wildman–Crippen MR) is 114 cm³/mol. The highest BCUT2D eigenvalue weighted by molar-refractivity contribution is 5.90. The van der Waals surface area contributed by atoms with Crippen molar-refractivity contribution in [1.29, 1.82) is 0 Å². The number of methoxy groups -OCH3 is 1. The molecule has 3 rings (SSSR count). The van der Waals surface area contributed by atoms with Gasteiger partial charge in [0.15, 0.2) is 11.5 Å². The van der Waals surface area contributed by atoms with Gasteiger partial charge in [-0.15, -0.1) is 0 Å². The van der Waals surface area contributed by atoms with Crippen molar-refractivity contribution in [3.8, 4) is 11.5 Å². The smallest absolute Gasteiger partial charge is 0.330 e. The molecule has 7 heteroatoms. The molecule has 0 aromatic heterocycles. The number of hydrogen-bond donors (Lipinski definition) is 2. The number of phenols is 1. The zero-order chi connectivity index (χ0) is 21.5. The van der Waals surface area contributed by atoms with E-state index in [0.717, 1.165) is 24.0 Å². The molecule has 2 aromatic rings. The van der Waals surface area contributed by atoms with Gasteiger partial charge in [0.2, 0.25) is 0 Å². The second-order valence-corrected chi connectivity index (χ2v) is 7.00. The molecule has 0 saturated heterocycles. The first kappa shape index (κ1) is 21.2. The molecule has 2 N–H and O–H groups in total. The van der Waals surface area contributed by atoms with E-state index < -0.39 is 0 Å². The highest BCUT2D eigenvalue weighted by Crippen LogP contribution is 2.31. The Morgan fingerprint density at radius 1 is 1.20 bits per heavy atom. The molecule has 2 amide bonds. The number of nitrogens with zero attached hydrogens (tertiary/aromatic N) is 1. The number of carbonyl (C=O) groups is 2. The zero-order valence-corrected chi connectivity index (χ0v) is 17.1. The maximum atomic E-state index is 12.9. The van der Waals surface area contributed by atoms with Crippen LogP contribution in [0, 0.1) is 0 Å². The van der Waals surface area contributed by atoms with Crippen LogP contribution in [-0.4, -0.2) is 41.8 Å². The summed E-state index contributed by atoms with van der Waals surface area (Å²) in [6.07, 6.45) is 4.98. The van der Waals surface area contributed by atoms with E-state index in [0.29, 0.717) is 24.6 Å². The van der Waals surface area contributed by atoms with Crippen LogP contribution < -0.4 is 10.1 Å². The van der Waals surface area contributed by atoms with E-state index in [1.54, 1.807) is 48.2 Å². The van der Waals surface area contributed by atoms with Crippen LogP contribution in [0.5, 0.6) is 11.5 Å². The van der Waals surface area contributed by atoms with Crippen LogP contribution in [0.2, 0.25) is 0 Å². The van der Waals surface area contributed by atoms with E-state index in [9.17, 15) is 14.7 Å². The number of amides is 2. The lowest BCUT2D eigenvalue weighted by atomic mass is 10.2. The quantitative estimate of drug-likeness (QED) is 0.504. The normalized spacial score (nSPS) is 13.1.